The molecule has 4 heterocycles. The zero-order valence-corrected chi connectivity index (χ0v) is 19.3. The Labute approximate surface area is 200 Å². The van der Waals surface area contributed by atoms with Crippen molar-refractivity contribution >= 4 is 38.4 Å². The van der Waals surface area contributed by atoms with Crippen LogP contribution < -0.4 is 4.73 Å². The van der Waals surface area contributed by atoms with Gasteiger partial charge in [-0.2, -0.15) is 9.04 Å². The number of fused-ring (bicyclic) bond motifs is 1. The number of amides is 1. The first-order valence-electron chi connectivity index (χ1n) is 10.4. The average Bonchev–Trinajstić information content (AvgIpc) is 3.28. The van der Waals surface area contributed by atoms with Crippen LogP contribution >= 0.6 is 11.6 Å². The van der Waals surface area contributed by atoms with Crippen LogP contribution in [0, 0.1) is 5.21 Å². The van der Waals surface area contributed by atoms with Crippen molar-refractivity contribution < 1.29 is 17.9 Å². The highest BCUT2D eigenvalue weighted by Gasteiger charge is 2.31. The molecule has 0 saturated carbocycles. The highest BCUT2D eigenvalue weighted by molar-refractivity contribution is 7.89. The molecule has 0 radical (unpaired) electrons. The average molecular weight is 499 g/mol. The Bertz CT molecular complexity index is 1460. The van der Waals surface area contributed by atoms with Gasteiger partial charge in [0.05, 0.1) is 5.56 Å². The number of rotatable bonds is 4. The normalized spacial score (nSPS) is 15.0. The summed E-state index contributed by atoms with van der Waals surface area (Å²) in [5.41, 5.74) is 1.65. The Kier molecular flexibility index (Phi) is 5.68. The second-order valence-corrected chi connectivity index (χ2v) is 10.1. The van der Waals surface area contributed by atoms with Gasteiger partial charge in [-0.15, -0.1) is 0 Å². The molecule has 1 aliphatic rings. The van der Waals surface area contributed by atoms with Crippen LogP contribution in [0.5, 0.6) is 0 Å². The standard InChI is InChI=1S/C22H19ClN6O4S/c23-18-1-2-19-16(11-18)12-20(26-19)34(32,33)29-9-7-27(8-10-29)22(30)17-13-24-21(25-14-17)15-3-5-28(31)6-4-15/h1-6,11-14,26H,7-10H2. The first-order chi connectivity index (χ1) is 16.3. The van der Waals surface area contributed by atoms with Gasteiger partial charge in [-0.3, -0.25) is 4.79 Å². The van der Waals surface area contributed by atoms with Gasteiger partial charge in [-0.05, 0) is 24.3 Å². The monoisotopic (exact) mass is 498 g/mol. The number of pyridine rings is 1. The molecule has 1 N–H and O–H groups in total. The van der Waals surface area contributed by atoms with Crippen molar-refractivity contribution in [1.82, 2.24) is 24.2 Å². The van der Waals surface area contributed by atoms with E-state index in [-0.39, 0.29) is 37.1 Å². The summed E-state index contributed by atoms with van der Waals surface area (Å²) < 4.78 is 28.2. The second-order valence-electron chi connectivity index (χ2n) is 7.80. The molecule has 0 bridgehead atoms. The summed E-state index contributed by atoms with van der Waals surface area (Å²) in [6.07, 6.45) is 5.55. The molecule has 174 valence electrons. The number of aromatic amines is 1. The topological polar surface area (TPSA) is 126 Å². The van der Waals surface area contributed by atoms with Gasteiger partial charge in [0.25, 0.3) is 15.9 Å². The third kappa shape index (κ3) is 4.20. The van der Waals surface area contributed by atoms with E-state index in [1.165, 1.54) is 29.1 Å². The number of nitrogens with one attached hydrogen (secondary N) is 1. The number of nitrogens with zero attached hydrogens (tertiary/aromatic N) is 5. The maximum absolute atomic E-state index is 13.1. The fourth-order valence-electron chi connectivity index (χ4n) is 3.82. The van der Waals surface area contributed by atoms with Gasteiger partial charge in [0.1, 0.15) is 5.03 Å². The van der Waals surface area contributed by atoms with Crippen molar-refractivity contribution in [1.29, 1.82) is 0 Å². The molecule has 34 heavy (non-hydrogen) atoms. The van der Waals surface area contributed by atoms with E-state index < -0.39 is 10.0 Å². The van der Waals surface area contributed by atoms with E-state index in [1.54, 1.807) is 41.3 Å². The van der Waals surface area contributed by atoms with Crippen molar-refractivity contribution in [3.8, 4) is 11.4 Å². The van der Waals surface area contributed by atoms with Crippen molar-refractivity contribution in [2.24, 2.45) is 0 Å². The van der Waals surface area contributed by atoms with Gasteiger partial charge >= 0.3 is 0 Å². The summed E-state index contributed by atoms with van der Waals surface area (Å²) in [4.78, 5) is 25.9. The Balaban J connectivity index is 1.26. The van der Waals surface area contributed by atoms with Gasteiger partial charge in [0.15, 0.2) is 18.2 Å². The van der Waals surface area contributed by atoms with Crippen molar-refractivity contribution in [3.63, 3.8) is 0 Å². The van der Waals surface area contributed by atoms with Crippen LogP contribution in [-0.2, 0) is 10.0 Å². The van der Waals surface area contributed by atoms with Gasteiger partial charge in [0, 0.05) is 72.2 Å². The number of carbonyl (C=O) groups is 1. The Morgan fingerprint density at radius 3 is 2.38 bits per heavy atom. The molecular formula is C22H19ClN6O4S. The lowest BCUT2D eigenvalue weighted by molar-refractivity contribution is -0.605. The number of hydrogen-bond donors (Lipinski definition) is 1. The number of H-pyrrole nitrogens is 1. The predicted molar refractivity (Wildman–Crippen MR) is 124 cm³/mol. The lowest BCUT2D eigenvalue weighted by Gasteiger charge is -2.33. The third-order valence-corrected chi connectivity index (χ3v) is 7.72. The van der Waals surface area contributed by atoms with E-state index in [9.17, 15) is 18.4 Å². The summed E-state index contributed by atoms with van der Waals surface area (Å²) in [6.45, 7) is 0.826. The van der Waals surface area contributed by atoms with E-state index in [1.807, 2.05) is 0 Å². The van der Waals surface area contributed by atoms with E-state index in [0.717, 1.165) is 0 Å². The fraction of sp³-hybridized carbons (Fsp3) is 0.182. The summed E-state index contributed by atoms with van der Waals surface area (Å²) in [5.74, 6) is 0.127. The molecule has 0 spiro atoms. The van der Waals surface area contributed by atoms with Crippen molar-refractivity contribution in [3.05, 3.63) is 77.0 Å². The first-order valence-corrected chi connectivity index (χ1v) is 12.2. The fourth-order valence-corrected chi connectivity index (χ4v) is 5.44. The van der Waals surface area contributed by atoms with Crippen molar-refractivity contribution in [2.75, 3.05) is 26.2 Å². The number of carbonyl (C=O) groups excluding carboxylic acids is 1. The molecule has 3 aromatic heterocycles. The zero-order chi connectivity index (χ0) is 23.9. The van der Waals surface area contributed by atoms with E-state index >= 15 is 0 Å². The van der Waals surface area contributed by atoms with Crippen LogP contribution in [0.25, 0.3) is 22.3 Å². The Hall–Kier alpha value is -3.54. The lowest BCUT2D eigenvalue weighted by Crippen LogP contribution is -2.50. The number of halogens is 1. The second kappa shape index (κ2) is 8.67. The first kappa shape index (κ1) is 22.3. The van der Waals surface area contributed by atoms with Crippen LogP contribution in [0.1, 0.15) is 10.4 Å². The van der Waals surface area contributed by atoms with Crippen LogP contribution in [-0.4, -0.2) is 64.7 Å². The summed E-state index contributed by atoms with van der Waals surface area (Å²) in [7, 11) is -3.74. The molecule has 1 fully saturated rings. The maximum atomic E-state index is 13.1. The minimum atomic E-state index is -3.74. The van der Waals surface area contributed by atoms with E-state index in [4.69, 9.17) is 11.6 Å². The van der Waals surface area contributed by atoms with Crippen molar-refractivity contribution in [2.45, 2.75) is 5.03 Å². The molecule has 1 saturated heterocycles. The highest BCUT2D eigenvalue weighted by atomic mass is 35.5. The number of piperazine rings is 1. The smallest absolute Gasteiger partial charge is 0.258 e. The number of benzene rings is 1. The largest absolute Gasteiger partial charge is 0.619 e. The molecule has 5 rings (SSSR count). The quantitative estimate of drug-likeness (QED) is 0.339. The van der Waals surface area contributed by atoms with Crippen LogP contribution in [0.15, 0.2) is 66.2 Å². The molecule has 1 aliphatic heterocycles. The predicted octanol–water partition coefficient (Wildman–Crippen LogP) is 2.06. The van der Waals surface area contributed by atoms with Gasteiger partial charge in [-0.1, -0.05) is 11.6 Å². The van der Waals surface area contributed by atoms with Gasteiger partial charge in [0.2, 0.25) is 0 Å². The minimum absolute atomic E-state index is 0.0944. The lowest BCUT2D eigenvalue weighted by atomic mass is 10.2. The molecular weight excluding hydrogens is 480 g/mol. The molecule has 12 heteroatoms. The molecule has 4 aromatic rings. The highest BCUT2D eigenvalue weighted by Crippen LogP contribution is 2.25. The van der Waals surface area contributed by atoms with Gasteiger partial charge < -0.3 is 15.1 Å². The van der Waals surface area contributed by atoms with Crippen LogP contribution in [0.2, 0.25) is 5.02 Å². The maximum Gasteiger partial charge on any atom is 0.258 e. The van der Waals surface area contributed by atoms with Gasteiger partial charge in [-0.25, -0.2) is 18.4 Å². The van der Waals surface area contributed by atoms with Crippen LogP contribution in [0.3, 0.4) is 0 Å². The number of sulfonamides is 1. The number of aromatic nitrogens is 4. The zero-order valence-electron chi connectivity index (χ0n) is 17.8. The minimum Gasteiger partial charge on any atom is -0.619 e. The molecule has 0 atom stereocenters. The Morgan fingerprint density at radius 2 is 1.71 bits per heavy atom. The molecule has 10 nitrogen and oxygen atoms in total. The Morgan fingerprint density at radius 1 is 1.03 bits per heavy atom. The van der Waals surface area contributed by atoms with E-state index in [0.29, 0.717) is 37.6 Å². The molecule has 1 amide bonds. The number of hydrogen-bond acceptors (Lipinski definition) is 6. The van der Waals surface area contributed by atoms with Crippen LogP contribution in [0.4, 0.5) is 0 Å². The van der Waals surface area contributed by atoms with E-state index in [2.05, 4.69) is 15.0 Å². The molecule has 0 unspecified atom stereocenters. The molecule has 0 aliphatic carbocycles. The molecule has 1 aromatic carbocycles. The summed E-state index contributed by atoms with van der Waals surface area (Å²) >= 11 is 6.00. The third-order valence-electron chi connectivity index (χ3n) is 5.66. The summed E-state index contributed by atoms with van der Waals surface area (Å²) in [5, 5.41) is 12.5. The SMILES string of the molecule is O=C(c1cnc(-c2cc[n+]([O-])cc2)nc1)N1CCN(S(=O)(=O)c2cc3cc(Cl)ccc3[nH]2)CC1. The summed E-state index contributed by atoms with van der Waals surface area (Å²) in [6, 6.07) is 9.87.